The second kappa shape index (κ2) is 101. The number of alkyl halides is 14. The van der Waals surface area contributed by atoms with Crippen LogP contribution in [-0.2, 0) is 48.3 Å². The first-order valence-corrected chi connectivity index (χ1v) is 24.4. The maximum Gasteiger partial charge on any atom is 0.590 e. The van der Waals surface area contributed by atoms with Gasteiger partial charge in [-0.05, 0) is 117 Å². The number of rotatable bonds is 12. The SMILES string of the molecule is C=C(F)F.C=CC.C=CCC.C=CCc1ccc(C)cc1.C=CCc1cccc(C)c1.C=CCc1ccccc1C.CCF.CCF.CF.CF.Cc1ccccc1.FCF.FCF.FCOC1=C(F)OC(F)(F)O1.FCOF.FCOF.FCOF. The molecule has 0 saturated carbocycles. The third-order valence-corrected chi connectivity index (χ3v) is 6.71. The van der Waals surface area contributed by atoms with E-state index in [1.807, 2.05) is 49.4 Å². The fourth-order valence-corrected chi connectivity index (χ4v) is 3.88. The van der Waals surface area contributed by atoms with Crippen molar-refractivity contribution in [2.24, 2.45) is 0 Å². The number of hydrogen-bond donors (Lipinski definition) is 0. The van der Waals surface area contributed by atoms with Gasteiger partial charge in [-0.15, -0.1) is 41.7 Å². The molecule has 0 fully saturated rings. The molecule has 0 N–H and O–H groups in total. The molecule has 4 aromatic carbocycles. The van der Waals surface area contributed by atoms with Crippen LogP contribution in [0.15, 0.2) is 191 Å². The topological polar surface area (TPSA) is 55.4 Å². The lowest BCUT2D eigenvalue weighted by Gasteiger charge is -2.05. The van der Waals surface area contributed by atoms with Crippen molar-refractivity contribution >= 4 is 0 Å². The lowest BCUT2D eigenvalue weighted by molar-refractivity contribution is -0.349. The Morgan fingerprint density at radius 3 is 1.08 bits per heavy atom. The molecule has 5 rings (SSSR count). The normalized spacial score (nSPS) is 9.31. The molecule has 26 heteroatoms. The van der Waals surface area contributed by atoms with Crippen molar-refractivity contribution in [3.63, 3.8) is 0 Å². The molecule has 508 valence electrons. The van der Waals surface area contributed by atoms with Gasteiger partial charge in [0.05, 0.1) is 27.7 Å². The smallest absolute Gasteiger partial charge is 0.429 e. The monoisotopic (exact) mass is 1300 g/mol. The fourth-order valence-electron chi connectivity index (χ4n) is 3.88. The first kappa shape index (κ1) is 108. The summed E-state index contributed by atoms with van der Waals surface area (Å²) in [5, 5.41) is 0. The van der Waals surface area contributed by atoms with Crippen LogP contribution in [0.3, 0.4) is 0 Å². The second-order valence-corrected chi connectivity index (χ2v) is 13.4. The molecule has 0 radical (unpaired) electrons. The minimum Gasteiger partial charge on any atom is -0.429 e. The third-order valence-electron chi connectivity index (χ3n) is 6.71. The van der Waals surface area contributed by atoms with Gasteiger partial charge in [0.15, 0.2) is 0 Å². The van der Waals surface area contributed by atoms with E-state index in [1.54, 1.807) is 6.08 Å². The number of hydrogen-bond acceptors (Lipinski definition) is 6. The highest BCUT2D eigenvalue weighted by Crippen LogP contribution is 2.34. The summed E-state index contributed by atoms with van der Waals surface area (Å²) < 4.78 is 215. The molecule has 1 aliphatic rings. The zero-order chi connectivity index (χ0) is 70.6. The first-order chi connectivity index (χ1) is 41.4. The largest absolute Gasteiger partial charge is 0.590 e. The molecule has 1 heterocycles. The molecule has 0 aliphatic carbocycles. The first-order valence-electron chi connectivity index (χ1n) is 24.4. The summed E-state index contributed by atoms with van der Waals surface area (Å²) in [6.07, 6.45) is 7.48. The van der Waals surface area contributed by atoms with E-state index in [-0.39, 0.29) is 13.3 Å². The van der Waals surface area contributed by atoms with E-state index >= 15 is 0 Å². The van der Waals surface area contributed by atoms with E-state index in [2.05, 4.69) is 188 Å². The summed E-state index contributed by atoms with van der Waals surface area (Å²) in [4.78, 5) is 7.12. The third kappa shape index (κ3) is 122. The maximum atomic E-state index is 12.0. The van der Waals surface area contributed by atoms with Gasteiger partial charge in [-0.25, -0.2) is 35.1 Å². The quantitative estimate of drug-likeness (QED) is 0.104. The van der Waals surface area contributed by atoms with Crippen LogP contribution in [0, 0.1) is 27.7 Å². The van der Waals surface area contributed by atoms with Crippen LogP contribution in [0.5, 0.6) is 0 Å². The van der Waals surface area contributed by atoms with E-state index in [0.717, 1.165) is 25.7 Å². The minimum absolute atomic E-state index is 0.250. The van der Waals surface area contributed by atoms with Crippen molar-refractivity contribution in [2.75, 3.05) is 69.0 Å². The van der Waals surface area contributed by atoms with E-state index in [0.29, 0.717) is 14.4 Å². The van der Waals surface area contributed by atoms with E-state index < -0.39 is 65.6 Å². The Morgan fingerprint density at radius 1 is 0.494 bits per heavy atom. The van der Waals surface area contributed by atoms with Crippen LogP contribution in [-0.4, -0.2) is 75.3 Å². The van der Waals surface area contributed by atoms with Crippen molar-refractivity contribution in [2.45, 2.75) is 87.4 Å². The summed E-state index contributed by atoms with van der Waals surface area (Å²) in [7, 11) is 1.00. The molecule has 4 aromatic rings. The highest BCUT2D eigenvalue weighted by Gasteiger charge is 2.47. The Hall–Kier alpha value is -7.06. The van der Waals surface area contributed by atoms with Crippen LogP contribution in [0.25, 0.3) is 0 Å². The summed E-state index contributed by atoms with van der Waals surface area (Å²) in [5.74, 6) is -1.28. The summed E-state index contributed by atoms with van der Waals surface area (Å²) in [6.45, 7) is 25.9. The van der Waals surface area contributed by atoms with Gasteiger partial charge in [-0.3, -0.25) is 17.6 Å². The highest BCUT2D eigenvalue weighted by atomic mass is 19.3. The van der Waals surface area contributed by atoms with Crippen LogP contribution in [0.4, 0.5) is 88.2 Å². The predicted octanol–water partition coefficient (Wildman–Crippen LogP) is 23.3. The molecule has 0 spiro atoms. The van der Waals surface area contributed by atoms with E-state index in [1.165, 1.54) is 52.8 Å². The lowest BCUT2D eigenvalue weighted by Crippen LogP contribution is -2.16. The number of halogens is 20. The molecule has 0 unspecified atom stereocenters. The van der Waals surface area contributed by atoms with Gasteiger partial charge in [0.1, 0.15) is 0 Å². The molecular weight excluding hydrogens is 1210 g/mol. The van der Waals surface area contributed by atoms with Crippen molar-refractivity contribution in [3.8, 4) is 0 Å². The number of ether oxygens (including phenoxy) is 3. The predicted molar refractivity (Wildman–Crippen MR) is 312 cm³/mol. The molecule has 0 amide bonds. The summed E-state index contributed by atoms with van der Waals surface area (Å²) in [6, 6.07) is 33.9. The molecular formula is C61H88F20O6. The average molecular weight is 1300 g/mol. The van der Waals surface area contributed by atoms with Gasteiger partial charge in [0.2, 0.25) is 41.3 Å². The van der Waals surface area contributed by atoms with Crippen molar-refractivity contribution in [3.05, 3.63) is 230 Å². The van der Waals surface area contributed by atoms with Gasteiger partial charge >= 0.3 is 18.3 Å². The van der Waals surface area contributed by atoms with Crippen molar-refractivity contribution in [1.82, 2.24) is 0 Å². The lowest BCUT2D eigenvalue weighted by atomic mass is 10.1. The van der Waals surface area contributed by atoms with Gasteiger partial charge in [-0.2, -0.15) is 28.0 Å². The Balaban J connectivity index is -0.0000000709. The zero-order valence-corrected chi connectivity index (χ0v) is 50.9. The molecule has 0 atom stereocenters. The van der Waals surface area contributed by atoms with E-state index in [9.17, 15) is 88.2 Å². The Kier molecular flexibility index (Phi) is 125. The highest BCUT2D eigenvalue weighted by molar-refractivity contribution is 5.27. The average Bonchev–Trinajstić information content (AvgIpc) is 3.80. The summed E-state index contributed by atoms with van der Waals surface area (Å²) in [5.41, 5.74) is 9.35. The molecule has 0 bridgehead atoms. The van der Waals surface area contributed by atoms with Crippen molar-refractivity contribution in [1.29, 1.82) is 0 Å². The summed E-state index contributed by atoms with van der Waals surface area (Å²) >= 11 is 0. The number of allylic oxidation sites excluding steroid dienone is 5. The Morgan fingerprint density at radius 2 is 0.816 bits per heavy atom. The molecule has 0 saturated heterocycles. The Bertz CT molecular complexity index is 1950. The molecule has 87 heavy (non-hydrogen) atoms. The van der Waals surface area contributed by atoms with Crippen LogP contribution < -0.4 is 0 Å². The zero-order valence-electron chi connectivity index (χ0n) is 50.9. The fraction of sp³-hybridized carbons (Fsp3) is 0.377. The second-order valence-electron chi connectivity index (χ2n) is 13.4. The Labute approximate surface area is 502 Å². The maximum absolute atomic E-state index is 12.0. The van der Waals surface area contributed by atoms with Gasteiger partial charge < -0.3 is 14.2 Å². The van der Waals surface area contributed by atoms with E-state index in [4.69, 9.17) is 0 Å². The van der Waals surface area contributed by atoms with Crippen LogP contribution in [0.2, 0.25) is 0 Å². The van der Waals surface area contributed by atoms with Gasteiger partial charge in [-0.1, -0.05) is 157 Å². The minimum atomic E-state index is -4.10. The van der Waals surface area contributed by atoms with Crippen LogP contribution >= 0.6 is 0 Å². The molecule has 6 nitrogen and oxygen atoms in total. The van der Waals surface area contributed by atoms with Crippen LogP contribution in [0.1, 0.15) is 73.1 Å². The van der Waals surface area contributed by atoms with Crippen molar-refractivity contribution < 1.29 is 117 Å². The molecule has 0 aromatic heterocycles. The van der Waals surface area contributed by atoms with Gasteiger partial charge in [0, 0.05) is 0 Å². The standard InChI is InChI=1S/3C10H12.C7H8.C4H2F4O3.C4H8.C3H6.C2H2F2.2C2H5F.3CH2F2O.2CH2F2.2CH3F/c1-3-6-10-8-5-4-7-9(10)2;1-3-5-10-7-4-6-9(2)8-10;1-3-4-10-7-5-9(2)6-8-10;1-7-5-3-2-4-6-7;5-1-9-3-2(6)10-4(7,8)11-3;1-3-4-2;1-3-2;1-2(3)4;2*1-2-3;3*2-1-4-3;2*2-1-3;2*1-2/h3-5,7-8H,1,6H2,2H3;3-4,6-8H,1,5H2,2H3;3,5-8H,1,4H2,2H3;2-6H,1H3;1H2;3H,1,4H2,2H3;3H,1H2,2H3;1H2;2*2H2,1H3;3*1H2;2*1H2;2*1H3. The molecule has 1 aliphatic heterocycles. The number of aryl methyl sites for hydroxylation is 4. The number of benzene rings is 4. The van der Waals surface area contributed by atoms with Gasteiger partial charge in [0.25, 0.3) is 6.08 Å².